The number of fused-ring (bicyclic) bond motifs is 1. The summed E-state index contributed by atoms with van der Waals surface area (Å²) < 4.78 is 0. The molecule has 1 saturated heterocycles. The van der Waals surface area contributed by atoms with Crippen molar-refractivity contribution in [2.75, 3.05) is 11.9 Å². The van der Waals surface area contributed by atoms with Crippen LogP contribution in [0.3, 0.4) is 0 Å². The van der Waals surface area contributed by atoms with E-state index in [9.17, 15) is 14.4 Å². The van der Waals surface area contributed by atoms with Gasteiger partial charge in [0, 0.05) is 31.1 Å². The number of hydrogen-bond acceptors (Lipinski definition) is 4. The summed E-state index contributed by atoms with van der Waals surface area (Å²) in [6.07, 6.45) is 9.43. The smallest absolute Gasteiger partial charge is 0.255 e. The molecule has 1 saturated carbocycles. The highest BCUT2D eigenvalue weighted by atomic mass is 16.2. The van der Waals surface area contributed by atoms with Gasteiger partial charge >= 0.3 is 0 Å². The van der Waals surface area contributed by atoms with Gasteiger partial charge in [-0.05, 0) is 38.3 Å². The Morgan fingerprint density at radius 3 is 2.55 bits per heavy atom. The molecule has 0 bridgehead atoms. The van der Waals surface area contributed by atoms with E-state index < -0.39 is 11.7 Å². The molecule has 4 rings (SSSR count). The maximum absolute atomic E-state index is 13.0. The SMILES string of the molecule is CC(C(=O)NC1CCCCCCC1)N1CCC2(CCC1=O)NC(=O)c1ccccc1N2. The standard InChI is InChI=1S/C24H34N4O3/c1-17(22(30)25-18-9-5-3-2-4-6-10-18)28-16-15-24(14-13-21(28)29)26-20-12-8-7-11-19(20)23(31)27-24/h7-8,11-12,17-18,26H,2-6,9-10,13-16H2,1H3,(H,25,30)(H,27,31). The molecular weight excluding hydrogens is 392 g/mol. The molecule has 168 valence electrons. The Morgan fingerprint density at radius 2 is 1.77 bits per heavy atom. The number of carbonyl (C=O) groups excluding carboxylic acids is 3. The summed E-state index contributed by atoms with van der Waals surface area (Å²) in [6.45, 7) is 2.24. The van der Waals surface area contributed by atoms with Gasteiger partial charge in [-0.15, -0.1) is 0 Å². The molecule has 0 radical (unpaired) electrons. The molecule has 3 N–H and O–H groups in total. The van der Waals surface area contributed by atoms with Crippen molar-refractivity contribution in [3.63, 3.8) is 0 Å². The molecule has 2 heterocycles. The topological polar surface area (TPSA) is 90.5 Å². The summed E-state index contributed by atoms with van der Waals surface area (Å²) in [5.74, 6) is -0.224. The van der Waals surface area contributed by atoms with Crippen LogP contribution in [0.25, 0.3) is 0 Å². The third-order valence-electron chi connectivity index (χ3n) is 7.06. The van der Waals surface area contributed by atoms with Crippen molar-refractivity contribution in [3.8, 4) is 0 Å². The first-order valence-electron chi connectivity index (χ1n) is 11.8. The van der Waals surface area contributed by atoms with Gasteiger partial charge in [0.05, 0.1) is 5.56 Å². The zero-order chi connectivity index (χ0) is 21.8. The van der Waals surface area contributed by atoms with Gasteiger partial charge in [-0.3, -0.25) is 14.4 Å². The number of hydrogen-bond donors (Lipinski definition) is 3. The van der Waals surface area contributed by atoms with Crippen LogP contribution in [0.1, 0.15) is 81.5 Å². The van der Waals surface area contributed by atoms with E-state index in [1.807, 2.05) is 25.1 Å². The van der Waals surface area contributed by atoms with Crippen LogP contribution >= 0.6 is 0 Å². The Bertz CT molecular complexity index is 834. The van der Waals surface area contributed by atoms with Crippen molar-refractivity contribution in [1.29, 1.82) is 0 Å². The van der Waals surface area contributed by atoms with E-state index in [0.717, 1.165) is 31.4 Å². The number of benzene rings is 1. The highest BCUT2D eigenvalue weighted by Gasteiger charge is 2.41. The van der Waals surface area contributed by atoms with Gasteiger partial charge in [-0.2, -0.15) is 0 Å². The second-order valence-corrected chi connectivity index (χ2v) is 9.27. The summed E-state index contributed by atoms with van der Waals surface area (Å²) in [4.78, 5) is 40.2. The molecule has 2 fully saturated rings. The molecule has 3 amide bonds. The van der Waals surface area contributed by atoms with Gasteiger partial charge in [0.1, 0.15) is 11.7 Å². The van der Waals surface area contributed by atoms with Gasteiger partial charge in [0.15, 0.2) is 0 Å². The Kier molecular flexibility index (Phi) is 6.49. The fraction of sp³-hybridized carbons (Fsp3) is 0.625. The molecule has 1 aromatic carbocycles. The first-order valence-corrected chi connectivity index (χ1v) is 11.8. The molecule has 31 heavy (non-hydrogen) atoms. The molecule has 1 spiro atoms. The number of amides is 3. The highest BCUT2D eigenvalue weighted by Crippen LogP contribution is 2.32. The Hall–Kier alpha value is -2.57. The summed E-state index contributed by atoms with van der Waals surface area (Å²) in [5.41, 5.74) is 0.751. The monoisotopic (exact) mass is 426 g/mol. The normalized spacial score (nSPS) is 26.0. The van der Waals surface area contributed by atoms with E-state index in [2.05, 4.69) is 16.0 Å². The third-order valence-corrected chi connectivity index (χ3v) is 7.06. The molecule has 7 heteroatoms. The molecule has 2 unspecified atom stereocenters. The van der Waals surface area contributed by atoms with Gasteiger partial charge in [0.25, 0.3) is 5.91 Å². The molecule has 7 nitrogen and oxygen atoms in total. The molecule has 1 aliphatic carbocycles. The van der Waals surface area contributed by atoms with Gasteiger partial charge < -0.3 is 20.9 Å². The van der Waals surface area contributed by atoms with Crippen LogP contribution in [-0.4, -0.2) is 46.9 Å². The van der Waals surface area contributed by atoms with E-state index in [4.69, 9.17) is 0 Å². The number of likely N-dealkylation sites (tertiary alicyclic amines) is 1. The number of para-hydroxylation sites is 1. The highest BCUT2D eigenvalue weighted by molar-refractivity contribution is 6.02. The zero-order valence-corrected chi connectivity index (χ0v) is 18.4. The fourth-order valence-electron chi connectivity index (χ4n) is 5.11. The Morgan fingerprint density at radius 1 is 1.06 bits per heavy atom. The zero-order valence-electron chi connectivity index (χ0n) is 18.4. The predicted octanol–water partition coefficient (Wildman–Crippen LogP) is 3.17. The van der Waals surface area contributed by atoms with Crippen LogP contribution in [0.5, 0.6) is 0 Å². The first-order chi connectivity index (χ1) is 15.0. The van der Waals surface area contributed by atoms with Crippen molar-refractivity contribution in [2.24, 2.45) is 0 Å². The average Bonchev–Trinajstić information content (AvgIpc) is 2.88. The van der Waals surface area contributed by atoms with Crippen molar-refractivity contribution in [3.05, 3.63) is 29.8 Å². The summed E-state index contributed by atoms with van der Waals surface area (Å²) >= 11 is 0. The minimum Gasteiger partial charge on any atom is -0.362 e. The van der Waals surface area contributed by atoms with Crippen LogP contribution in [0, 0.1) is 0 Å². The summed E-state index contributed by atoms with van der Waals surface area (Å²) in [6, 6.07) is 7.12. The number of nitrogens with one attached hydrogen (secondary N) is 3. The molecule has 1 aromatic rings. The Balaban J connectivity index is 1.41. The van der Waals surface area contributed by atoms with Gasteiger partial charge in [0.2, 0.25) is 11.8 Å². The average molecular weight is 427 g/mol. The lowest BCUT2D eigenvalue weighted by molar-refractivity contribution is -0.139. The third kappa shape index (κ3) is 4.86. The van der Waals surface area contributed by atoms with Crippen LogP contribution < -0.4 is 16.0 Å². The van der Waals surface area contributed by atoms with Crippen molar-refractivity contribution in [1.82, 2.24) is 15.5 Å². The second kappa shape index (κ2) is 9.28. The predicted molar refractivity (Wildman–Crippen MR) is 120 cm³/mol. The largest absolute Gasteiger partial charge is 0.362 e. The fourth-order valence-corrected chi connectivity index (χ4v) is 5.11. The minimum atomic E-state index is -0.661. The van der Waals surface area contributed by atoms with E-state index in [0.29, 0.717) is 24.9 Å². The summed E-state index contributed by atoms with van der Waals surface area (Å²) in [7, 11) is 0. The molecular formula is C24H34N4O3. The lowest BCUT2D eigenvalue weighted by Crippen LogP contribution is -2.58. The van der Waals surface area contributed by atoms with Gasteiger partial charge in [-0.25, -0.2) is 0 Å². The van der Waals surface area contributed by atoms with E-state index in [-0.39, 0.29) is 30.2 Å². The number of anilines is 1. The second-order valence-electron chi connectivity index (χ2n) is 9.27. The van der Waals surface area contributed by atoms with Crippen molar-refractivity contribution >= 4 is 23.4 Å². The van der Waals surface area contributed by atoms with Gasteiger partial charge in [-0.1, -0.05) is 44.2 Å². The van der Waals surface area contributed by atoms with Crippen molar-refractivity contribution < 1.29 is 14.4 Å². The number of rotatable bonds is 3. The minimum absolute atomic E-state index is 0.0351. The van der Waals surface area contributed by atoms with Crippen molar-refractivity contribution in [2.45, 2.75) is 88.9 Å². The van der Waals surface area contributed by atoms with E-state index in [1.165, 1.54) is 19.3 Å². The first kappa shape index (κ1) is 21.7. The van der Waals surface area contributed by atoms with Crippen LogP contribution in [0.15, 0.2) is 24.3 Å². The molecule has 0 aromatic heterocycles. The quantitative estimate of drug-likeness (QED) is 0.692. The van der Waals surface area contributed by atoms with E-state index >= 15 is 0 Å². The van der Waals surface area contributed by atoms with Crippen LogP contribution in [0.4, 0.5) is 5.69 Å². The Labute approximate surface area is 184 Å². The molecule has 2 aliphatic heterocycles. The lowest BCUT2D eigenvalue weighted by atomic mass is 9.95. The maximum Gasteiger partial charge on any atom is 0.255 e. The molecule has 2 atom stereocenters. The van der Waals surface area contributed by atoms with Crippen LogP contribution in [0.2, 0.25) is 0 Å². The molecule has 3 aliphatic rings. The number of carbonyl (C=O) groups is 3. The number of nitrogens with zero attached hydrogens (tertiary/aromatic N) is 1. The van der Waals surface area contributed by atoms with E-state index in [1.54, 1.807) is 11.0 Å². The summed E-state index contributed by atoms with van der Waals surface area (Å²) in [5, 5.41) is 9.74. The lowest BCUT2D eigenvalue weighted by Gasteiger charge is -2.40. The maximum atomic E-state index is 13.0. The van der Waals surface area contributed by atoms with Crippen LogP contribution in [-0.2, 0) is 9.59 Å².